The van der Waals surface area contributed by atoms with Crippen molar-refractivity contribution in [3.63, 3.8) is 0 Å². The maximum atomic E-state index is 12.1. The lowest BCUT2D eigenvalue weighted by molar-refractivity contribution is 0.0942. The molecule has 0 unspecified atom stereocenters. The van der Waals surface area contributed by atoms with Crippen LogP contribution in [-0.2, 0) is 6.54 Å². The van der Waals surface area contributed by atoms with Crippen LogP contribution < -0.4 is 15.4 Å². The molecular formula is C22H18N4O3. The van der Waals surface area contributed by atoms with E-state index in [9.17, 15) is 4.79 Å². The summed E-state index contributed by atoms with van der Waals surface area (Å²) in [6, 6.07) is 20.6. The quantitative estimate of drug-likeness (QED) is 0.485. The zero-order valence-electron chi connectivity index (χ0n) is 15.4. The number of rotatable bonds is 7. The standard InChI is InChI=1S/C22H18N4O3/c27-22(25-13-19-7-4-12-28-19)20-14-24-21(15-23-20)26-16-8-10-18(11-9-16)29-17-5-2-1-3-6-17/h1-12,14-15H,13H2,(H,24,26)(H,25,27). The summed E-state index contributed by atoms with van der Waals surface area (Å²) in [7, 11) is 0. The van der Waals surface area contributed by atoms with Crippen LogP contribution in [0, 0.1) is 0 Å². The minimum Gasteiger partial charge on any atom is -0.467 e. The molecule has 0 bridgehead atoms. The van der Waals surface area contributed by atoms with Crippen LogP contribution in [0.4, 0.5) is 11.5 Å². The van der Waals surface area contributed by atoms with Gasteiger partial charge in [-0.25, -0.2) is 9.97 Å². The van der Waals surface area contributed by atoms with Crippen LogP contribution in [-0.4, -0.2) is 15.9 Å². The molecule has 7 nitrogen and oxygen atoms in total. The summed E-state index contributed by atoms with van der Waals surface area (Å²) >= 11 is 0. The van der Waals surface area contributed by atoms with Gasteiger partial charge in [0.15, 0.2) is 0 Å². The molecule has 1 amide bonds. The highest BCUT2D eigenvalue weighted by Crippen LogP contribution is 2.23. The Balaban J connectivity index is 1.33. The first-order valence-corrected chi connectivity index (χ1v) is 8.99. The second kappa shape index (κ2) is 8.71. The summed E-state index contributed by atoms with van der Waals surface area (Å²) in [5, 5.41) is 5.87. The Kier molecular flexibility index (Phi) is 5.48. The highest BCUT2D eigenvalue weighted by molar-refractivity contribution is 5.91. The first kappa shape index (κ1) is 18.2. The Labute approximate surface area is 167 Å². The summed E-state index contributed by atoms with van der Waals surface area (Å²) in [6.45, 7) is 0.297. The smallest absolute Gasteiger partial charge is 0.271 e. The van der Waals surface area contributed by atoms with Crippen molar-refractivity contribution in [3.05, 3.63) is 96.8 Å². The van der Waals surface area contributed by atoms with Gasteiger partial charge >= 0.3 is 0 Å². The van der Waals surface area contributed by atoms with Gasteiger partial charge in [0.1, 0.15) is 28.8 Å². The minimum absolute atomic E-state index is 0.230. The molecule has 144 valence electrons. The van der Waals surface area contributed by atoms with E-state index in [1.165, 1.54) is 12.4 Å². The molecule has 0 aliphatic rings. The van der Waals surface area contributed by atoms with Gasteiger partial charge in [0.2, 0.25) is 0 Å². The maximum absolute atomic E-state index is 12.1. The molecule has 0 spiro atoms. The summed E-state index contributed by atoms with van der Waals surface area (Å²) in [5.41, 5.74) is 1.06. The summed E-state index contributed by atoms with van der Waals surface area (Å²) in [6.07, 6.45) is 4.49. The third-order valence-electron chi connectivity index (χ3n) is 3.99. The number of carbonyl (C=O) groups excluding carboxylic acids is 1. The molecule has 0 atom stereocenters. The molecule has 7 heteroatoms. The Hall–Kier alpha value is -4.13. The molecule has 4 rings (SSSR count). The van der Waals surface area contributed by atoms with Gasteiger partial charge in [-0.1, -0.05) is 18.2 Å². The van der Waals surface area contributed by atoms with E-state index in [1.807, 2.05) is 54.6 Å². The van der Waals surface area contributed by atoms with E-state index in [2.05, 4.69) is 20.6 Å². The van der Waals surface area contributed by atoms with Gasteiger partial charge in [0, 0.05) is 5.69 Å². The van der Waals surface area contributed by atoms with Crippen molar-refractivity contribution >= 4 is 17.4 Å². The van der Waals surface area contributed by atoms with Crippen molar-refractivity contribution in [2.24, 2.45) is 0 Å². The molecular weight excluding hydrogens is 368 g/mol. The van der Waals surface area contributed by atoms with Gasteiger partial charge < -0.3 is 19.8 Å². The number of nitrogens with one attached hydrogen (secondary N) is 2. The van der Waals surface area contributed by atoms with Crippen molar-refractivity contribution in [3.8, 4) is 11.5 Å². The van der Waals surface area contributed by atoms with Crippen LogP contribution in [0.15, 0.2) is 89.8 Å². The average Bonchev–Trinajstić information content (AvgIpc) is 3.28. The number of hydrogen-bond acceptors (Lipinski definition) is 6. The van der Waals surface area contributed by atoms with E-state index in [1.54, 1.807) is 18.4 Å². The Bertz CT molecular complexity index is 1050. The van der Waals surface area contributed by atoms with Gasteiger partial charge in [0.25, 0.3) is 5.91 Å². The second-order valence-electron chi connectivity index (χ2n) is 6.11. The van der Waals surface area contributed by atoms with Crippen molar-refractivity contribution < 1.29 is 13.9 Å². The monoisotopic (exact) mass is 386 g/mol. The largest absolute Gasteiger partial charge is 0.467 e. The van der Waals surface area contributed by atoms with E-state index in [0.29, 0.717) is 18.1 Å². The van der Waals surface area contributed by atoms with Gasteiger partial charge in [-0.3, -0.25) is 4.79 Å². The molecule has 2 aromatic carbocycles. The molecule has 2 aromatic heterocycles. The molecule has 0 saturated carbocycles. The number of hydrogen-bond donors (Lipinski definition) is 2. The highest BCUT2D eigenvalue weighted by Gasteiger charge is 2.09. The van der Waals surface area contributed by atoms with E-state index in [4.69, 9.17) is 9.15 Å². The lowest BCUT2D eigenvalue weighted by atomic mass is 10.3. The van der Waals surface area contributed by atoms with Crippen LogP contribution in [0.25, 0.3) is 0 Å². The zero-order chi connectivity index (χ0) is 19.9. The minimum atomic E-state index is -0.317. The molecule has 0 aliphatic heterocycles. The van der Waals surface area contributed by atoms with Crippen molar-refractivity contribution in [2.45, 2.75) is 6.54 Å². The van der Waals surface area contributed by atoms with Crippen LogP contribution in [0.2, 0.25) is 0 Å². The van der Waals surface area contributed by atoms with Crippen LogP contribution in [0.1, 0.15) is 16.2 Å². The number of benzene rings is 2. The summed E-state index contributed by atoms with van der Waals surface area (Å²) in [4.78, 5) is 20.5. The SMILES string of the molecule is O=C(NCc1ccco1)c1cnc(Nc2ccc(Oc3ccccc3)cc2)cn1. The molecule has 4 aromatic rings. The van der Waals surface area contributed by atoms with E-state index < -0.39 is 0 Å². The van der Waals surface area contributed by atoms with Gasteiger partial charge in [-0.05, 0) is 48.5 Å². The number of carbonyl (C=O) groups is 1. The fourth-order valence-electron chi connectivity index (χ4n) is 2.56. The van der Waals surface area contributed by atoms with E-state index >= 15 is 0 Å². The van der Waals surface area contributed by atoms with Crippen LogP contribution >= 0.6 is 0 Å². The second-order valence-corrected chi connectivity index (χ2v) is 6.11. The third kappa shape index (κ3) is 4.98. The number of aromatic nitrogens is 2. The van der Waals surface area contributed by atoms with Crippen molar-refractivity contribution in [2.75, 3.05) is 5.32 Å². The van der Waals surface area contributed by atoms with Crippen molar-refractivity contribution in [1.82, 2.24) is 15.3 Å². The number of furan rings is 1. The normalized spacial score (nSPS) is 10.3. The number of anilines is 2. The number of ether oxygens (including phenoxy) is 1. The molecule has 0 radical (unpaired) electrons. The van der Waals surface area contributed by atoms with Gasteiger partial charge in [-0.2, -0.15) is 0 Å². The topological polar surface area (TPSA) is 89.3 Å². The molecule has 0 aliphatic carbocycles. The highest BCUT2D eigenvalue weighted by atomic mass is 16.5. The van der Waals surface area contributed by atoms with E-state index in [0.717, 1.165) is 17.2 Å². The predicted octanol–water partition coefficient (Wildman–Crippen LogP) is 4.54. The first-order valence-electron chi connectivity index (χ1n) is 8.99. The van der Waals surface area contributed by atoms with Crippen LogP contribution in [0.5, 0.6) is 11.5 Å². The van der Waals surface area contributed by atoms with Gasteiger partial charge in [0.05, 0.1) is 25.2 Å². The number of para-hydroxylation sites is 1. The maximum Gasteiger partial charge on any atom is 0.271 e. The fourth-order valence-corrected chi connectivity index (χ4v) is 2.56. The van der Waals surface area contributed by atoms with Crippen LogP contribution in [0.3, 0.4) is 0 Å². The molecule has 2 heterocycles. The fraction of sp³-hybridized carbons (Fsp3) is 0.0455. The number of amides is 1. The zero-order valence-corrected chi connectivity index (χ0v) is 15.4. The average molecular weight is 386 g/mol. The Morgan fingerprint density at radius 2 is 1.69 bits per heavy atom. The first-order chi connectivity index (χ1) is 14.3. The third-order valence-corrected chi connectivity index (χ3v) is 3.99. The lowest BCUT2D eigenvalue weighted by Crippen LogP contribution is -2.23. The Morgan fingerprint density at radius 3 is 2.38 bits per heavy atom. The summed E-state index contributed by atoms with van der Waals surface area (Å²) < 4.78 is 10.9. The van der Waals surface area contributed by atoms with E-state index in [-0.39, 0.29) is 11.6 Å². The van der Waals surface area contributed by atoms with Crippen molar-refractivity contribution in [1.29, 1.82) is 0 Å². The molecule has 0 saturated heterocycles. The molecule has 2 N–H and O–H groups in total. The number of nitrogens with zero attached hydrogens (tertiary/aromatic N) is 2. The Morgan fingerprint density at radius 1 is 0.897 bits per heavy atom. The summed E-state index contributed by atoms with van der Waals surface area (Å²) in [5.74, 6) is 2.40. The van der Waals surface area contributed by atoms with Gasteiger partial charge in [-0.15, -0.1) is 0 Å². The predicted molar refractivity (Wildman–Crippen MR) is 108 cm³/mol. The lowest BCUT2D eigenvalue weighted by Gasteiger charge is -2.08. The molecule has 0 fully saturated rings. The molecule has 29 heavy (non-hydrogen) atoms.